The van der Waals surface area contributed by atoms with Gasteiger partial charge in [0.1, 0.15) is 18.1 Å². The Morgan fingerprint density at radius 3 is 2.63 bits per heavy atom. The SMILES string of the molecule is CCOCCOc1cc(C)ccc1CNC(=NC)NCCCc1c(C)noc1C.I. The molecule has 0 aliphatic rings. The van der Waals surface area contributed by atoms with Crippen LogP contribution in [0.4, 0.5) is 0 Å². The van der Waals surface area contributed by atoms with Crippen molar-refractivity contribution in [1.82, 2.24) is 15.8 Å². The van der Waals surface area contributed by atoms with E-state index in [0.29, 0.717) is 26.4 Å². The number of nitrogens with zero attached hydrogens (tertiary/aromatic N) is 2. The zero-order valence-electron chi connectivity index (χ0n) is 18.7. The van der Waals surface area contributed by atoms with E-state index in [1.165, 1.54) is 11.1 Å². The number of aromatic nitrogens is 1. The number of nitrogens with one attached hydrogen (secondary N) is 2. The molecule has 2 aromatic rings. The first kappa shape index (κ1) is 26.2. The predicted molar refractivity (Wildman–Crippen MR) is 131 cm³/mol. The topological polar surface area (TPSA) is 80.9 Å². The molecule has 0 aliphatic carbocycles. The largest absolute Gasteiger partial charge is 0.491 e. The lowest BCUT2D eigenvalue weighted by atomic mass is 10.1. The number of aliphatic imine (C=N–C) groups is 1. The smallest absolute Gasteiger partial charge is 0.191 e. The standard InChI is InChI=1S/C22H34N4O3.HI/c1-6-27-12-13-28-21-14-16(2)9-10-19(21)15-25-22(23-5)24-11-7-8-20-17(3)26-29-18(20)4;/h9-10,14H,6-8,11-13,15H2,1-5H3,(H2,23,24,25);1H. The maximum Gasteiger partial charge on any atom is 0.191 e. The van der Waals surface area contributed by atoms with Crippen molar-refractivity contribution < 1.29 is 14.0 Å². The molecular formula is C22H35IN4O3. The van der Waals surface area contributed by atoms with Crippen molar-refractivity contribution >= 4 is 29.9 Å². The van der Waals surface area contributed by atoms with Gasteiger partial charge in [-0.25, -0.2) is 0 Å². The highest BCUT2D eigenvalue weighted by Crippen LogP contribution is 2.20. The first-order chi connectivity index (χ1) is 14.0. The van der Waals surface area contributed by atoms with Crippen LogP contribution in [0.3, 0.4) is 0 Å². The number of halogens is 1. The Kier molecular flexibility index (Phi) is 12.4. The summed E-state index contributed by atoms with van der Waals surface area (Å²) in [5.74, 6) is 2.55. The Labute approximate surface area is 197 Å². The summed E-state index contributed by atoms with van der Waals surface area (Å²) in [7, 11) is 1.78. The van der Waals surface area contributed by atoms with Gasteiger partial charge in [-0.2, -0.15) is 0 Å². The molecule has 7 nitrogen and oxygen atoms in total. The molecule has 0 amide bonds. The lowest BCUT2D eigenvalue weighted by Gasteiger charge is -2.15. The van der Waals surface area contributed by atoms with E-state index in [9.17, 15) is 0 Å². The van der Waals surface area contributed by atoms with Gasteiger partial charge in [-0.3, -0.25) is 4.99 Å². The number of benzene rings is 1. The third-order valence-electron chi connectivity index (χ3n) is 4.66. The molecule has 0 saturated carbocycles. The lowest BCUT2D eigenvalue weighted by Crippen LogP contribution is -2.37. The maximum atomic E-state index is 5.91. The van der Waals surface area contributed by atoms with Crippen LogP contribution in [0.5, 0.6) is 5.75 Å². The van der Waals surface area contributed by atoms with Crippen LogP contribution in [0.2, 0.25) is 0 Å². The summed E-state index contributed by atoms with van der Waals surface area (Å²) in [6.45, 7) is 11.3. The van der Waals surface area contributed by atoms with Gasteiger partial charge in [0.15, 0.2) is 5.96 Å². The van der Waals surface area contributed by atoms with Gasteiger partial charge in [0.2, 0.25) is 0 Å². The summed E-state index contributed by atoms with van der Waals surface area (Å²) in [5.41, 5.74) is 4.43. The quantitative estimate of drug-likeness (QED) is 0.198. The molecule has 0 fully saturated rings. The van der Waals surface area contributed by atoms with E-state index in [2.05, 4.69) is 45.9 Å². The second-order valence-electron chi connectivity index (χ2n) is 6.92. The Morgan fingerprint density at radius 1 is 1.17 bits per heavy atom. The fourth-order valence-electron chi connectivity index (χ4n) is 3.03. The number of hydrogen-bond donors (Lipinski definition) is 2. The minimum absolute atomic E-state index is 0. The molecule has 1 aromatic carbocycles. The molecule has 0 atom stereocenters. The van der Waals surface area contributed by atoms with Gasteiger partial charge in [-0.1, -0.05) is 17.3 Å². The molecule has 2 N–H and O–H groups in total. The van der Waals surface area contributed by atoms with Crippen LogP contribution in [-0.2, 0) is 17.7 Å². The van der Waals surface area contributed by atoms with E-state index in [-0.39, 0.29) is 24.0 Å². The molecule has 8 heteroatoms. The molecule has 1 aromatic heterocycles. The van der Waals surface area contributed by atoms with E-state index in [1.807, 2.05) is 20.8 Å². The Hall–Kier alpha value is -1.81. The summed E-state index contributed by atoms with van der Waals surface area (Å²) < 4.78 is 16.5. The van der Waals surface area contributed by atoms with E-state index >= 15 is 0 Å². The van der Waals surface area contributed by atoms with Crippen LogP contribution in [-0.4, -0.2) is 44.5 Å². The lowest BCUT2D eigenvalue weighted by molar-refractivity contribution is 0.110. The first-order valence-corrected chi connectivity index (χ1v) is 10.2. The maximum absolute atomic E-state index is 5.91. The van der Waals surface area contributed by atoms with Crippen LogP contribution < -0.4 is 15.4 Å². The van der Waals surface area contributed by atoms with Crippen molar-refractivity contribution in [3.8, 4) is 5.75 Å². The highest BCUT2D eigenvalue weighted by Gasteiger charge is 2.09. The van der Waals surface area contributed by atoms with Crippen LogP contribution in [0.25, 0.3) is 0 Å². The summed E-state index contributed by atoms with van der Waals surface area (Å²) in [6.07, 6.45) is 1.90. The number of hydrogen-bond acceptors (Lipinski definition) is 5. The van der Waals surface area contributed by atoms with Gasteiger partial charge in [-0.15, -0.1) is 24.0 Å². The summed E-state index contributed by atoms with van der Waals surface area (Å²) >= 11 is 0. The van der Waals surface area contributed by atoms with Crippen molar-refractivity contribution in [2.24, 2.45) is 4.99 Å². The molecule has 0 bridgehead atoms. The van der Waals surface area contributed by atoms with Gasteiger partial charge >= 0.3 is 0 Å². The molecule has 0 spiro atoms. The van der Waals surface area contributed by atoms with Crippen LogP contribution in [0, 0.1) is 20.8 Å². The Bertz CT molecular complexity index is 773. The molecule has 0 unspecified atom stereocenters. The zero-order chi connectivity index (χ0) is 21.1. The van der Waals surface area contributed by atoms with Crippen LogP contribution in [0.15, 0.2) is 27.7 Å². The van der Waals surface area contributed by atoms with Gasteiger partial charge in [0, 0.05) is 37.9 Å². The molecule has 30 heavy (non-hydrogen) atoms. The van der Waals surface area contributed by atoms with Crippen molar-refractivity contribution in [1.29, 1.82) is 0 Å². The third kappa shape index (κ3) is 8.51. The van der Waals surface area contributed by atoms with E-state index < -0.39 is 0 Å². The second-order valence-corrected chi connectivity index (χ2v) is 6.92. The van der Waals surface area contributed by atoms with Crippen LogP contribution in [0.1, 0.15) is 41.5 Å². The second kappa shape index (κ2) is 14.2. The zero-order valence-corrected chi connectivity index (χ0v) is 21.0. The fraction of sp³-hybridized carbons (Fsp3) is 0.545. The van der Waals surface area contributed by atoms with E-state index in [0.717, 1.165) is 48.1 Å². The highest BCUT2D eigenvalue weighted by molar-refractivity contribution is 14.0. The molecule has 168 valence electrons. The average molecular weight is 530 g/mol. The minimum atomic E-state index is 0. The fourth-order valence-corrected chi connectivity index (χ4v) is 3.03. The van der Waals surface area contributed by atoms with Crippen molar-refractivity contribution in [2.75, 3.05) is 33.4 Å². The van der Waals surface area contributed by atoms with E-state index in [4.69, 9.17) is 14.0 Å². The summed E-state index contributed by atoms with van der Waals surface area (Å²) in [5, 5.41) is 10.7. The highest BCUT2D eigenvalue weighted by atomic mass is 127. The number of guanidine groups is 1. The monoisotopic (exact) mass is 530 g/mol. The Balaban J connectivity index is 0.00000450. The average Bonchev–Trinajstić information content (AvgIpc) is 3.03. The van der Waals surface area contributed by atoms with Crippen molar-refractivity contribution in [2.45, 2.75) is 47.1 Å². The number of rotatable bonds is 11. The van der Waals surface area contributed by atoms with E-state index in [1.54, 1.807) is 7.05 Å². The number of aryl methyl sites for hydroxylation is 3. The predicted octanol–water partition coefficient (Wildman–Crippen LogP) is 3.93. The number of ether oxygens (including phenoxy) is 2. The molecule has 2 rings (SSSR count). The summed E-state index contributed by atoms with van der Waals surface area (Å²) in [6, 6.07) is 6.23. The molecule has 0 saturated heterocycles. The Morgan fingerprint density at radius 2 is 1.97 bits per heavy atom. The van der Waals surface area contributed by atoms with Gasteiger partial charge < -0.3 is 24.6 Å². The minimum Gasteiger partial charge on any atom is -0.491 e. The molecule has 0 aliphatic heterocycles. The van der Waals surface area contributed by atoms with Crippen molar-refractivity contribution in [3.63, 3.8) is 0 Å². The third-order valence-corrected chi connectivity index (χ3v) is 4.66. The van der Waals surface area contributed by atoms with Gasteiger partial charge in [-0.05, 0) is 52.2 Å². The molecule has 1 heterocycles. The molecular weight excluding hydrogens is 495 g/mol. The van der Waals surface area contributed by atoms with Gasteiger partial charge in [0.05, 0.1) is 12.3 Å². The van der Waals surface area contributed by atoms with Crippen LogP contribution >= 0.6 is 24.0 Å². The van der Waals surface area contributed by atoms with Crippen molar-refractivity contribution in [3.05, 3.63) is 46.3 Å². The summed E-state index contributed by atoms with van der Waals surface area (Å²) in [4.78, 5) is 4.31. The van der Waals surface area contributed by atoms with Gasteiger partial charge in [0.25, 0.3) is 0 Å². The first-order valence-electron chi connectivity index (χ1n) is 10.2. The normalized spacial score (nSPS) is 11.2. The molecule has 0 radical (unpaired) electrons.